The van der Waals surface area contributed by atoms with E-state index < -0.39 is 17.8 Å². The second-order valence-electron chi connectivity index (χ2n) is 6.24. The molecule has 3 rings (SSSR count). The maximum absolute atomic E-state index is 12.1. The number of rotatable bonds is 5. The molecule has 0 aliphatic rings. The molecule has 0 aliphatic heterocycles. The van der Waals surface area contributed by atoms with Gasteiger partial charge in [0.2, 0.25) is 0 Å². The SMILES string of the molecule is O=C(N/N=C/c1ccc(OC(=O)c2ccc(Br)cc2)cc1)C(=O)Nc1cc(Cl)ccc1Cl. The van der Waals surface area contributed by atoms with Gasteiger partial charge in [-0.3, -0.25) is 9.59 Å². The van der Waals surface area contributed by atoms with E-state index in [2.05, 4.69) is 31.8 Å². The number of nitrogens with zero attached hydrogens (tertiary/aromatic N) is 1. The Labute approximate surface area is 201 Å². The summed E-state index contributed by atoms with van der Waals surface area (Å²) in [4.78, 5) is 36.0. The number of hydrogen-bond acceptors (Lipinski definition) is 5. The summed E-state index contributed by atoms with van der Waals surface area (Å²) in [6, 6.07) is 17.7. The Morgan fingerprint density at radius 2 is 1.59 bits per heavy atom. The fraction of sp³-hybridized carbons (Fsp3) is 0. The van der Waals surface area contributed by atoms with Crippen molar-refractivity contribution in [1.82, 2.24) is 5.43 Å². The number of esters is 1. The Balaban J connectivity index is 1.52. The van der Waals surface area contributed by atoms with Crippen molar-refractivity contribution in [1.29, 1.82) is 0 Å². The lowest BCUT2D eigenvalue weighted by molar-refractivity contribution is -0.136. The number of ether oxygens (including phenoxy) is 1. The van der Waals surface area contributed by atoms with Crippen molar-refractivity contribution in [2.75, 3.05) is 5.32 Å². The highest BCUT2D eigenvalue weighted by atomic mass is 79.9. The second kappa shape index (κ2) is 10.9. The van der Waals surface area contributed by atoms with E-state index in [0.717, 1.165) is 4.47 Å². The highest BCUT2D eigenvalue weighted by molar-refractivity contribution is 9.10. The molecule has 0 aromatic heterocycles. The topological polar surface area (TPSA) is 96.9 Å². The number of halogens is 3. The molecule has 0 aliphatic carbocycles. The molecule has 0 bridgehead atoms. The van der Waals surface area contributed by atoms with Crippen LogP contribution in [0, 0.1) is 0 Å². The molecule has 0 spiro atoms. The summed E-state index contributed by atoms with van der Waals surface area (Å²) in [5.41, 5.74) is 3.34. The lowest BCUT2D eigenvalue weighted by Gasteiger charge is -2.06. The molecular weight excluding hydrogens is 521 g/mol. The lowest BCUT2D eigenvalue weighted by Crippen LogP contribution is -2.32. The van der Waals surface area contributed by atoms with Gasteiger partial charge in [-0.1, -0.05) is 39.1 Å². The number of benzene rings is 3. The molecule has 0 fully saturated rings. The predicted octanol–water partition coefficient (Wildman–Crippen LogP) is 5.06. The van der Waals surface area contributed by atoms with Crippen LogP contribution in [0.4, 0.5) is 5.69 Å². The third kappa shape index (κ3) is 6.65. The zero-order valence-electron chi connectivity index (χ0n) is 16.1. The van der Waals surface area contributed by atoms with Crippen LogP contribution in [0.3, 0.4) is 0 Å². The summed E-state index contributed by atoms with van der Waals surface area (Å²) < 4.78 is 6.16. The van der Waals surface area contributed by atoms with E-state index >= 15 is 0 Å². The number of amides is 2. The molecule has 7 nitrogen and oxygen atoms in total. The number of carbonyl (C=O) groups excluding carboxylic acids is 3. The molecule has 0 saturated carbocycles. The summed E-state index contributed by atoms with van der Waals surface area (Å²) in [6.07, 6.45) is 1.33. The Hall–Kier alpha value is -3.20. The van der Waals surface area contributed by atoms with E-state index in [1.807, 2.05) is 0 Å². The quantitative estimate of drug-likeness (QED) is 0.157. The zero-order valence-corrected chi connectivity index (χ0v) is 19.2. The number of carbonyl (C=O) groups is 3. The minimum atomic E-state index is -0.989. The molecular formula is C22H14BrCl2N3O4. The second-order valence-corrected chi connectivity index (χ2v) is 8.00. The number of hydrogen-bond donors (Lipinski definition) is 2. The van der Waals surface area contributed by atoms with E-state index in [1.54, 1.807) is 54.6 Å². The normalized spacial score (nSPS) is 10.6. The van der Waals surface area contributed by atoms with E-state index in [9.17, 15) is 14.4 Å². The van der Waals surface area contributed by atoms with Gasteiger partial charge in [0.05, 0.1) is 22.5 Å². The van der Waals surface area contributed by atoms with Crippen LogP contribution in [0.2, 0.25) is 10.0 Å². The van der Waals surface area contributed by atoms with Gasteiger partial charge in [0.25, 0.3) is 0 Å². The molecule has 0 saturated heterocycles. The van der Waals surface area contributed by atoms with Crippen molar-refractivity contribution < 1.29 is 19.1 Å². The summed E-state index contributed by atoms with van der Waals surface area (Å²) in [5, 5.41) is 6.68. The van der Waals surface area contributed by atoms with Gasteiger partial charge in [0, 0.05) is 9.50 Å². The first-order chi connectivity index (χ1) is 15.3. The molecule has 162 valence electrons. The van der Waals surface area contributed by atoms with Crippen molar-refractivity contribution in [2.45, 2.75) is 0 Å². The molecule has 3 aromatic carbocycles. The van der Waals surface area contributed by atoms with E-state index in [0.29, 0.717) is 21.9 Å². The predicted molar refractivity (Wildman–Crippen MR) is 126 cm³/mol. The van der Waals surface area contributed by atoms with Crippen LogP contribution in [0.5, 0.6) is 5.75 Å². The Morgan fingerprint density at radius 1 is 0.906 bits per heavy atom. The van der Waals surface area contributed by atoms with Gasteiger partial charge in [-0.05, 0) is 72.3 Å². The van der Waals surface area contributed by atoms with Crippen LogP contribution < -0.4 is 15.5 Å². The van der Waals surface area contributed by atoms with E-state index in [1.165, 1.54) is 18.3 Å². The monoisotopic (exact) mass is 533 g/mol. The molecule has 2 N–H and O–H groups in total. The minimum Gasteiger partial charge on any atom is -0.423 e. The maximum Gasteiger partial charge on any atom is 0.343 e. The van der Waals surface area contributed by atoms with Crippen LogP contribution >= 0.6 is 39.1 Å². The summed E-state index contributed by atoms with van der Waals surface area (Å²) in [6.45, 7) is 0. The molecule has 10 heteroatoms. The van der Waals surface area contributed by atoms with Gasteiger partial charge < -0.3 is 10.1 Å². The van der Waals surface area contributed by atoms with Crippen LogP contribution in [0.25, 0.3) is 0 Å². The Bertz CT molecular complexity index is 1180. The van der Waals surface area contributed by atoms with Gasteiger partial charge in [0.15, 0.2) is 0 Å². The Morgan fingerprint density at radius 3 is 2.28 bits per heavy atom. The van der Waals surface area contributed by atoms with E-state index in [4.69, 9.17) is 27.9 Å². The Kier molecular flexibility index (Phi) is 7.99. The molecule has 0 radical (unpaired) electrons. The van der Waals surface area contributed by atoms with Crippen LogP contribution in [-0.2, 0) is 9.59 Å². The first-order valence-corrected chi connectivity index (χ1v) is 10.5. The van der Waals surface area contributed by atoms with Gasteiger partial charge in [-0.2, -0.15) is 5.10 Å². The van der Waals surface area contributed by atoms with Crippen molar-refractivity contribution in [3.63, 3.8) is 0 Å². The standard InChI is InChI=1S/C22H14BrCl2N3O4/c23-15-5-3-14(4-6-15)22(31)32-17-8-1-13(2-9-17)12-26-28-21(30)20(29)27-19-11-16(24)7-10-18(19)25/h1-12H,(H,27,29)(H,28,30)/b26-12+. The third-order valence-electron chi connectivity index (χ3n) is 3.93. The lowest BCUT2D eigenvalue weighted by atomic mass is 10.2. The minimum absolute atomic E-state index is 0.205. The molecule has 32 heavy (non-hydrogen) atoms. The number of anilines is 1. The van der Waals surface area contributed by atoms with Crippen molar-refractivity contribution in [2.24, 2.45) is 5.10 Å². The average Bonchev–Trinajstić information content (AvgIpc) is 2.77. The molecule has 3 aromatic rings. The summed E-state index contributed by atoms with van der Waals surface area (Å²) in [7, 11) is 0. The van der Waals surface area contributed by atoms with Crippen LogP contribution in [-0.4, -0.2) is 24.0 Å². The van der Waals surface area contributed by atoms with Crippen LogP contribution in [0.1, 0.15) is 15.9 Å². The van der Waals surface area contributed by atoms with Crippen molar-refractivity contribution in [3.8, 4) is 5.75 Å². The largest absolute Gasteiger partial charge is 0.423 e. The van der Waals surface area contributed by atoms with Gasteiger partial charge in [-0.15, -0.1) is 0 Å². The number of nitrogens with one attached hydrogen (secondary N) is 2. The summed E-state index contributed by atoms with van der Waals surface area (Å²) in [5.74, 6) is -2.09. The van der Waals surface area contributed by atoms with Crippen molar-refractivity contribution >= 4 is 68.8 Å². The maximum atomic E-state index is 12.1. The highest BCUT2D eigenvalue weighted by Crippen LogP contribution is 2.25. The van der Waals surface area contributed by atoms with Crippen LogP contribution in [0.15, 0.2) is 76.3 Å². The fourth-order valence-corrected chi connectivity index (χ4v) is 2.96. The smallest absolute Gasteiger partial charge is 0.343 e. The van der Waals surface area contributed by atoms with Gasteiger partial charge in [-0.25, -0.2) is 10.2 Å². The molecule has 0 heterocycles. The van der Waals surface area contributed by atoms with E-state index in [-0.39, 0.29) is 10.7 Å². The first kappa shape index (κ1) is 23.5. The van der Waals surface area contributed by atoms with Gasteiger partial charge in [0.1, 0.15) is 5.75 Å². The third-order valence-corrected chi connectivity index (χ3v) is 5.03. The highest BCUT2D eigenvalue weighted by Gasteiger charge is 2.15. The molecule has 0 unspecified atom stereocenters. The molecule has 0 atom stereocenters. The molecule has 2 amide bonds. The average molecular weight is 535 g/mol. The zero-order chi connectivity index (χ0) is 23.1. The first-order valence-electron chi connectivity index (χ1n) is 8.99. The van der Waals surface area contributed by atoms with Crippen molar-refractivity contribution in [3.05, 3.63) is 92.4 Å². The number of hydrazone groups is 1. The fourth-order valence-electron chi connectivity index (χ4n) is 2.36. The summed E-state index contributed by atoms with van der Waals surface area (Å²) >= 11 is 15.1. The van der Waals surface area contributed by atoms with Gasteiger partial charge >= 0.3 is 17.8 Å².